The minimum atomic E-state index is -0.117. The van der Waals surface area contributed by atoms with Crippen molar-refractivity contribution in [3.05, 3.63) is 29.8 Å². The minimum Gasteiger partial charge on any atom is -0.299 e. The van der Waals surface area contributed by atoms with E-state index in [1.54, 1.807) is 0 Å². The molecule has 0 N–H and O–H groups in total. The van der Waals surface area contributed by atoms with Gasteiger partial charge in [-0.05, 0) is 38.4 Å². The summed E-state index contributed by atoms with van der Waals surface area (Å²) in [4.78, 5) is 29.0. The lowest BCUT2D eigenvalue weighted by Crippen LogP contribution is -2.38. The summed E-state index contributed by atoms with van der Waals surface area (Å²) in [5.41, 5.74) is 1.86. The Kier molecular flexibility index (Phi) is 2.51. The monoisotopic (exact) mass is 270 g/mol. The highest BCUT2D eigenvalue weighted by Gasteiger charge is 2.58. The molecule has 3 heterocycles. The van der Waals surface area contributed by atoms with E-state index in [2.05, 4.69) is 4.90 Å². The smallest absolute Gasteiger partial charge is 0.239 e. The van der Waals surface area contributed by atoms with Gasteiger partial charge in [0.15, 0.2) is 0 Å². The second-order valence-electron chi connectivity index (χ2n) is 6.18. The molecule has 0 aromatic heterocycles. The first-order valence-electron chi connectivity index (χ1n) is 7.35. The Bertz CT molecular complexity index is 581. The molecule has 2 amide bonds. The van der Waals surface area contributed by atoms with E-state index in [0.717, 1.165) is 37.2 Å². The fraction of sp³-hybridized carbons (Fsp3) is 0.500. The molecule has 20 heavy (non-hydrogen) atoms. The van der Waals surface area contributed by atoms with Crippen molar-refractivity contribution in [3.63, 3.8) is 0 Å². The molecule has 3 atom stereocenters. The van der Waals surface area contributed by atoms with Gasteiger partial charge in [0.25, 0.3) is 0 Å². The zero-order chi connectivity index (χ0) is 13.9. The van der Waals surface area contributed by atoms with E-state index in [-0.39, 0.29) is 23.7 Å². The minimum absolute atomic E-state index is 0.00162. The van der Waals surface area contributed by atoms with E-state index in [1.165, 1.54) is 4.90 Å². The fourth-order valence-electron chi connectivity index (χ4n) is 4.06. The number of amides is 2. The molecule has 1 unspecified atom stereocenters. The van der Waals surface area contributed by atoms with Crippen molar-refractivity contribution in [2.45, 2.75) is 25.8 Å². The lowest BCUT2D eigenvalue weighted by atomic mass is 9.91. The molecular weight excluding hydrogens is 252 g/mol. The number of benzene rings is 1. The summed E-state index contributed by atoms with van der Waals surface area (Å²) in [6.45, 7) is 3.81. The number of carbonyl (C=O) groups is 2. The van der Waals surface area contributed by atoms with Crippen LogP contribution in [0.25, 0.3) is 0 Å². The molecule has 0 radical (unpaired) electrons. The van der Waals surface area contributed by atoms with Gasteiger partial charge in [-0.3, -0.25) is 14.5 Å². The van der Waals surface area contributed by atoms with Crippen LogP contribution in [0, 0.1) is 18.8 Å². The third-order valence-corrected chi connectivity index (χ3v) is 5.03. The Morgan fingerprint density at radius 2 is 1.85 bits per heavy atom. The Morgan fingerprint density at radius 3 is 2.60 bits per heavy atom. The average Bonchev–Trinajstić information content (AvgIpc) is 3.05. The van der Waals surface area contributed by atoms with E-state index >= 15 is 0 Å². The Balaban J connectivity index is 1.69. The molecule has 3 aliphatic heterocycles. The van der Waals surface area contributed by atoms with Crippen molar-refractivity contribution < 1.29 is 9.59 Å². The number of aryl methyl sites for hydroxylation is 1. The molecule has 0 saturated carbocycles. The maximum Gasteiger partial charge on any atom is 0.239 e. The van der Waals surface area contributed by atoms with Crippen molar-refractivity contribution in [2.75, 3.05) is 18.0 Å². The highest BCUT2D eigenvalue weighted by Crippen LogP contribution is 2.43. The van der Waals surface area contributed by atoms with Gasteiger partial charge in [-0.2, -0.15) is 0 Å². The van der Waals surface area contributed by atoms with Gasteiger partial charge in [-0.15, -0.1) is 0 Å². The molecule has 4 nitrogen and oxygen atoms in total. The van der Waals surface area contributed by atoms with Crippen molar-refractivity contribution in [2.24, 2.45) is 11.8 Å². The molecule has 4 heteroatoms. The number of rotatable bonds is 1. The van der Waals surface area contributed by atoms with Crippen LogP contribution < -0.4 is 4.90 Å². The summed E-state index contributed by atoms with van der Waals surface area (Å²) < 4.78 is 0. The van der Waals surface area contributed by atoms with Gasteiger partial charge in [0.1, 0.15) is 0 Å². The summed E-state index contributed by atoms with van der Waals surface area (Å²) in [5, 5.41) is 0. The maximum absolute atomic E-state index is 12.7. The summed E-state index contributed by atoms with van der Waals surface area (Å²) in [6, 6.07) is 7.95. The van der Waals surface area contributed by atoms with Gasteiger partial charge in [0, 0.05) is 12.6 Å². The predicted molar refractivity (Wildman–Crippen MR) is 75.2 cm³/mol. The fourth-order valence-corrected chi connectivity index (χ4v) is 4.06. The SMILES string of the molecule is Cc1ccc(N2C(=O)C3CN4CCC[C@H]4[C@@H]3C2=O)cc1. The van der Waals surface area contributed by atoms with Gasteiger partial charge >= 0.3 is 0 Å². The second-order valence-corrected chi connectivity index (χ2v) is 6.18. The third-order valence-electron chi connectivity index (χ3n) is 5.03. The van der Waals surface area contributed by atoms with Gasteiger partial charge < -0.3 is 0 Å². The van der Waals surface area contributed by atoms with Crippen LogP contribution in [0.15, 0.2) is 24.3 Å². The normalized spacial score (nSPS) is 32.9. The first-order chi connectivity index (χ1) is 9.66. The van der Waals surface area contributed by atoms with Crippen LogP contribution in [-0.4, -0.2) is 35.8 Å². The molecule has 3 saturated heterocycles. The molecule has 104 valence electrons. The van der Waals surface area contributed by atoms with Gasteiger partial charge in [0.05, 0.1) is 17.5 Å². The van der Waals surface area contributed by atoms with Crippen LogP contribution in [0.4, 0.5) is 5.69 Å². The largest absolute Gasteiger partial charge is 0.299 e. The van der Waals surface area contributed by atoms with Crippen molar-refractivity contribution >= 4 is 17.5 Å². The molecule has 0 bridgehead atoms. The second kappa shape index (κ2) is 4.16. The van der Waals surface area contributed by atoms with Crippen LogP contribution in [0.1, 0.15) is 18.4 Å². The van der Waals surface area contributed by atoms with E-state index in [4.69, 9.17) is 0 Å². The molecule has 1 aromatic rings. The molecule has 4 rings (SSSR count). The van der Waals surface area contributed by atoms with Crippen LogP contribution in [0.3, 0.4) is 0 Å². The zero-order valence-electron chi connectivity index (χ0n) is 11.6. The predicted octanol–water partition coefficient (Wildman–Crippen LogP) is 1.58. The summed E-state index contributed by atoms with van der Waals surface area (Å²) in [6.07, 6.45) is 2.21. The van der Waals surface area contributed by atoms with Gasteiger partial charge in [0.2, 0.25) is 11.8 Å². The number of nitrogens with zero attached hydrogens (tertiary/aromatic N) is 2. The topological polar surface area (TPSA) is 40.6 Å². The average molecular weight is 270 g/mol. The number of fused-ring (bicyclic) bond motifs is 3. The van der Waals surface area contributed by atoms with E-state index in [0.29, 0.717) is 6.04 Å². The number of hydrogen-bond acceptors (Lipinski definition) is 3. The van der Waals surface area contributed by atoms with Crippen LogP contribution >= 0.6 is 0 Å². The van der Waals surface area contributed by atoms with Crippen LogP contribution in [-0.2, 0) is 9.59 Å². The Labute approximate surface area is 118 Å². The van der Waals surface area contributed by atoms with E-state index < -0.39 is 0 Å². The highest BCUT2D eigenvalue weighted by atomic mass is 16.2. The molecule has 0 aliphatic carbocycles. The third kappa shape index (κ3) is 1.51. The standard InChI is InChI=1S/C16H18N2O2/c1-10-4-6-11(7-5-10)18-15(19)12-9-17-8-2-3-13(17)14(12)16(18)20/h4-7,12-14H,2-3,8-9H2,1H3/t12?,13-,14+/m0/s1. The Hall–Kier alpha value is -1.68. The van der Waals surface area contributed by atoms with Crippen molar-refractivity contribution in [3.8, 4) is 0 Å². The number of carbonyl (C=O) groups excluding carboxylic acids is 2. The summed E-state index contributed by atoms with van der Waals surface area (Å²) in [7, 11) is 0. The van der Waals surface area contributed by atoms with Crippen molar-refractivity contribution in [1.29, 1.82) is 0 Å². The number of imide groups is 1. The molecule has 0 spiro atoms. The number of hydrogen-bond donors (Lipinski definition) is 0. The van der Waals surface area contributed by atoms with Gasteiger partial charge in [-0.1, -0.05) is 17.7 Å². The summed E-state index contributed by atoms with van der Waals surface area (Å²) in [5.74, 6) is -0.211. The van der Waals surface area contributed by atoms with Crippen molar-refractivity contribution in [1.82, 2.24) is 4.90 Å². The first-order valence-corrected chi connectivity index (χ1v) is 7.35. The zero-order valence-corrected chi connectivity index (χ0v) is 11.6. The van der Waals surface area contributed by atoms with Gasteiger partial charge in [-0.25, -0.2) is 4.90 Å². The van der Waals surface area contributed by atoms with E-state index in [1.807, 2.05) is 31.2 Å². The maximum atomic E-state index is 12.7. The summed E-state index contributed by atoms with van der Waals surface area (Å²) >= 11 is 0. The lowest BCUT2D eigenvalue weighted by molar-refractivity contribution is -0.123. The molecular formula is C16H18N2O2. The molecule has 3 fully saturated rings. The highest BCUT2D eigenvalue weighted by molar-refractivity contribution is 6.22. The molecule has 3 aliphatic rings. The quantitative estimate of drug-likeness (QED) is 0.727. The number of anilines is 1. The Morgan fingerprint density at radius 1 is 1.10 bits per heavy atom. The van der Waals surface area contributed by atoms with E-state index in [9.17, 15) is 9.59 Å². The molecule has 1 aromatic carbocycles. The van der Waals surface area contributed by atoms with Crippen LogP contribution in [0.5, 0.6) is 0 Å². The van der Waals surface area contributed by atoms with Crippen LogP contribution in [0.2, 0.25) is 0 Å². The lowest BCUT2D eigenvalue weighted by Gasteiger charge is -2.21. The first kappa shape index (κ1) is 12.1.